The first-order valence-corrected chi connectivity index (χ1v) is 6.29. The van der Waals surface area contributed by atoms with Crippen molar-refractivity contribution in [3.8, 4) is 5.69 Å². The fourth-order valence-electron chi connectivity index (χ4n) is 2.34. The Labute approximate surface area is 118 Å². The number of hydrogen-bond acceptors (Lipinski definition) is 2. The molecule has 1 heterocycles. The number of rotatable bonds is 1. The molecule has 0 spiro atoms. The number of hydrogen-bond donors (Lipinski definition) is 1. The molecule has 0 aliphatic heterocycles. The van der Waals surface area contributed by atoms with Gasteiger partial charge < -0.3 is 5.73 Å². The molecular weight excluding hydrogens is 279 g/mol. The molecule has 0 fully saturated rings. The Kier molecular flexibility index (Phi) is 2.90. The number of aryl methyl sites for hydroxylation is 1. The molecule has 0 radical (unpaired) electrons. The minimum Gasteiger partial charge on any atom is -0.369 e. The molecule has 2 aromatic carbocycles. The zero-order valence-corrected chi connectivity index (χ0v) is 11.1. The van der Waals surface area contributed by atoms with Crippen LogP contribution in [0.15, 0.2) is 42.5 Å². The number of aromatic nitrogens is 2. The Morgan fingerprint density at radius 2 is 1.81 bits per heavy atom. The number of alkyl halides is 3. The van der Waals surface area contributed by atoms with Crippen LogP contribution < -0.4 is 5.73 Å². The number of halogens is 3. The SMILES string of the molecule is Cc1ccccc1-n1c(N)nc2cc(C(F)(F)F)ccc21. The third-order valence-electron chi connectivity index (χ3n) is 3.36. The van der Waals surface area contributed by atoms with Crippen LogP contribution in [0, 0.1) is 6.92 Å². The quantitative estimate of drug-likeness (QED) is 0.738. The maximum absolute atomic E-state index is 12.7. The highest BCUT2D eigenvalue weighted by molar-refractivity contribution is 5.82. The number of fused-ring (bicyclic) bond motifs is 1. The Bertz CT molecular complexity index is 819. The fourth-order valence-corrected chi connectivity index (χ4v) is 2.34. The zero-order chi connectivity index (χ0) is 15.2. The van der Waals surface area contributed by atoms with Gasteiger partial charge in [-0.05, 0) is 36.8 Å². The summed E-state index contributed by atoms with van der Waals surface area (Å²) in [7, 11) is 0. The molecular formula is C15H12F3N3. The molecule has 0 aliphatic carbocycles. The molecule has 0 aliphatic rings. The van der Waals surface area contributed by atoms with Crippen molar-refractivity contribution in [1.82, 2.24) is 9.55 Å². The van der Waals surface area contributed by atoms with E-state index in [4.69, 9.17) is 5.73 Å². The van der Waals surface area contributed by atoms with Crippen molar-refractivity contribution in [2.24, 2.45) is 0 Å². The first kappa shape index (κ1) is 13.5. The van der Waals surface area contributed by atoms with Gasteiger partial charge in [-0.25, -0.2) is 4.98 Å². The first-order valence-electron chi connectivity index (χ1n) is 6.29. The third-order valence-corrected chi connectivity index (χ3v) is 3.36. The molecule has 0 unspecified atom stereocenters. The second-order valence-electron chi connectivity index (χ2n) is 4.79. The van der Waals surface area contributed by atoms with Gasteiger partial charge in [0.1, 0.15) is 0 Å². The van der Waals surface area contributed by atoms with Gasteiger partial charge in [0.15, 0.2) is 0 Å². The molecule has 2 N–H and O–H groups in total. The Morgan fingerprint density at radius 1 is 1.10 bits per heavy atom. The van der Waals surface area contributed by atoms with Gasteiger partial charge in [0.05, 0.1) is 22.3 Å². The van der Waals surface area contributed by atoms with Crippen molar-refractivity contribution in [3.63, 3.8) is 0 Å². The summed E-state index contributed by atoms with van der Waals surface area (Å²) >= 11 is 0. The Morgan fingerprint density at radius 3 is 2.48 bits per heavy atom. The van der Waals surface area contributed by atoms with Gasteiger partial charge in [-0.15, -0.1) is 0 Å². The molecule has 0 saturated carbocycles. The van der Waals surface area contributed by atoms with E-state index < -0.39 is 11.7 Å². The average molecular weight is 291 g/mol. The second-order valence-corrected chi connectivity index (χ2v) is 4.79. The summed E-state index contributed by atoms with van der Waals surface area (Å²) < 4.78 is 39.9. The van der Waals surface area contributed by atoms with Crippen molar-refractivity contribution >= 4 is 17.0 Å². The summed E-state index contributed by atoms with van der Waals surface area (Å²) in [6, 6.07) is 10.9. The summed E-state index contributed by atoms with van der Waals surface area (Å²) in [6.07, 6.45) is -4.39. The maximum Gasteiger partial charge on any atom is 0.416 e. The van der Waals surface area contributed by atoms with Gasteiger partial charge >= 0.3 is 6.18 Å². The minimum absolute atomic E-state index is 0.165. The van der Waals surface area contributed by atoms with Crippen LogP contribution in [0.1, 0.15) is 11.1 Å². The van der Waals surface area contributed by atoms with E-state index in [0.29, 0.717) is 5.52 Å². The smallest absolute Gasteiger partial charge is 0.369 e. The van der Waals surface area contributed by atoms with Gasteiger partial charge in [-0.3, -0.25) is 4.57 Å². The van der Waals surface area contributed by atoms with Crippen LogP contribution >= 0.6 is 0 Å². The highest BCUT2D eigenvalue weighted by Gasteiger charge is 2.31. The van der Waals surface area contributed by atoms with Crippen molar-refractivity contribution < 1.29 is 13.2 Å². The number of imidazole rings is 1. The van der Waals surface area contributed by atoms with E-state index in [1.165, 1.54) is 6.07 Å². The summed E-state index contributed by atoms with van der Waals surface area (Å²) in [5, 5.41) is 0. The molecule has 0 amide bonds. The standard InChI is InChI=1S/C15H12F3N3/c1-9-4-2-3-5-12(9)21-13-7-6-10(15(16,17)18)8-11(13)20-14(21)19/h2-8H,1H3,(H2,19,20). The third kappa shape index (κ3) is 2.22. The van der Waals surface area contributed by atoms with Crippen LogP contribution in [0.5, 0.6) is 0 Å². The minimum atomic E-state index is -4.39. The number of nitrogen functional groups attached to an aromatic ring is 1. The van der Waals surface area contributed by atoms with E-state index in [9.17, 15) is 13.2 Å². The molecule has 0 atom stereocenters. The van der Waals surface area contributed by atoms with E-state index in [-0.39, 0.29) is 11.5 Å². The van der Waals surface area contributed by atoms with Crippen LogP contribution in [0.25, 0.3) is 16.7 Å². The summed E-state index contributed by atoms with van der Waals surface area (Å²) in [5.41, 5.74) is 7.69. The molecule has 108 valence electrons. The van der Waals surface area contributed by atoms with Crippen LogP contribution in [-0.4, -0.2) is 9.55 Å². The predicted molar refractivity (Wildman–Crippen MR) is 75.2 cm³/mol. The van der Waals surface area contributed by atoms with E-state index in [0.717, 1.165) is 23.4 Å². The molecule has 6 heteroatoms. The summed E-state index contributed by atoms with van der Waals surface area (Å²) in [5.74, 6) is 0.165. The van der Waals surface area contributed by atoms with Crippen molar-refractivity contribution in [2.45, 2.75) is 13.1 Å². The van der Waals surface area contributed by atoms with Crippen LogP contribution in [0.2, 0.25) is 0 Å². The van der Waals surface area contributed by atoms with E-state index in [1.807, 2.05) is 31.2 Å². The van der Waals surface area contributed by atoms with Crippen LogP contribution in [-0.2, 0) is 6.18 Å². The lowest BCUT2D eigenvalue weighted by Gasteiger charge is -2.10. The topological polar surface area (TPSA) is 43.8 Å². The van der Waals surface area contributed by atoms with E-state index in [1.54, 1.807) is 4.57 Å². The lowest BCUT2D eigenvalue weighted by molar-refractivity contribution is -0.137. The lowest BCUT2D eigenvalue weighted by Crippen LogP contribution is -2.04. The summed E-state index contributed by atoms with van der Waals surface area (Å²) in [4.78, 5) is 4.05. The van der Waals surface area contributed by atoms with Crippen molar-refractivity contribution in [3.05, 3.63) is 53.6 Å². The lowest BCUT2D eigenvalue weighted by atomic mass is 10.1. The number of para-hydroxylation sites is 1. The van der Waals surface area contributed by atoms with Gasteiger partial charge in [-0.2, -0.15) is 13.2 Å². The molecule has 0 bridgehead atoms. The highest BCUT2D eigenvalue weighted by Crippen LogP contribution is 2.33. The Balaban J connectivity index is 2.26. The largest absolute Gasteiger partial charge is 0.416 e. The van der Waals surface area contributed by atoms with Gasteiger partial charge in [-0.1, -0.05) is 18.2 Å². The average Bonchev–Trinajstić information content (AvgIpc) is 2.73. The highest BCUT2D eigenvalue weighted by atomic mass is 19.4. The second kappa shape index (κ2) is 4.51. The fraction of sp³-hybridized carbons (Fsp3) is 0.133. The molecule has 0 saturated heterocycles. The molecule has 3 aromatic rings. The zero-order valence-electron chi connectivity index (χ0n) is 11.1. The van der Waals surface area contributed by atoms with E-state index in [2.05, 4.69) is 4.98 Å². The number of benzene rings is 2. The molecule has 3 nitrogen and oxygen atoms in total. The summed E-state index contributed by atoms with van der Waals surface area (Å²) in [6.45, 7) is 1.91. The van der Waals surface area contributed by atoms with E-state index >= 15 is 0 Å². The molecule has 1 aromatic heterocycles. The predicted octanol–water partition coefficient (Wildman–Crippen LogP) is 3.93. The van der Waals surface area contributed by atoms with Gasteiger partial charge in [0, 0.05) is 0 Å². The van der Waals surface area contributed by atoms with Crippen LogP contribution in [0.3, 0.4) is 0 Å². The number of anilines is 1. The molecule has 3 rings (SSSR count). The van der Waals surface area contributed by atoms with Crippen LogP contribution in [0.4, 0.5) is 19.1 Å². The van der Waals surface area contributed by atoms with Crippen molar-refractivity contribution in [2.75, 3.05) is 5.73 Å². The number of nitrogens with zero attached hydrogens (tertiary/aromatic N) is 2. The monoisotopic (exact) mass is 291 g/mol. The van der Waals surface area contributed by atoms with Gasteiger partial charge in [0.25, 0.3) is 0 Å². The maximum atomic E-state index is 12.7. The number of nitrogens with two attached hydrogens (primary N) is 1. The van der Waals surface area contributed by atoms with Crippen molar-refractivity contribution in [1.29, 1.82) is 0 Å². The normalized spacial score (nSPS) is 12.0. The first-order chi connectivity index (χ1) is 9.88. The Hall–Kier alpha value is -2.50. The molecule has 21 heavy (non-hydrogen) atoms. The van der Waals surface area contributed by atoms with Gasteiger partial charge in [0.2, 0.25) is 5.95 Å².